The second-order valence-corrected chi connectivity index (χ2v) is 8.39. The van der Waals surface area contributed by atoms with Crippen LogP contribution in [-0.2, 0) is 9.59 Å². The van der Waals surface area contributed by atoms with Gasteiger partial charge in [-0.25, -0.2) is 8.78 Å². The molecule has 2 aliphatic rings. The smallest absolute Gasteiger partial charge is 0.267 e. The lowest BCUT2D eigenvalue weighted by Crippen LogP contribution is -2.47. The van der Waals surface area contributed by atoms with Crippen molar-refractivity contribution in [2.75, 3.05) is 13.1 Å². The Kier molecular flexibility index (Phi) is 5.98. The van der Waals surface area contributed by atoms with Gasteiger partial charge in [-0.3, -0.25) is 19.4 Å². The normalized spacial score (nSPS) is 21.2. The number of hydrogen-bond acceptors (Lipinski definition) is 4. The molecule has 1 aliphatic carbocycles. The van der Waals surface area contributed by atoms with Crippen LogP contribution in [0.25, 0.3) is 10.9 Å². The van der Waals surface area contributed by atoms with Crippen LogP contribution in [0.2, 0.25) is 0 Å². The van der Waals surface area contributed by atoms with Crippen LogP contribution in [0.5, 0.6) is 0 Å². The van der Waals surface area contributed by atoms with E-state index in [1.165, 1.54) is 6.20 Å². The van der Waals surface area contributed by atoms with Gasteiger partial charge < -0.3 is 10.2 Å². The van der Waals surface area contributed by atoms with E-state index in [-0.39, 0.29) is 11.7 Å². The van der Waals surface area contributed by atoms with Crippen LogP contribution in [0.3, 0.4) is 0 Å². The number of hydrogen-bond donors (Lipinski definition) is 1. The summed E-state index contributed by atoms with van der Waals surface area (Å²) in [5, 5.41) is 3.15. The Hall–Kier alpha value is -2.90. The Balaban J connectivity index is 1.44. The fourth-order valence-corrected chi connectivity index (χ4v) is 4.64. The monoisotopic (exact) mass is 429 g/mol. The largest absolute Gasteiger partial charge is 0.343 e. The summed E-state index contributed by atoms with van der Waals surface area (Å²) in [7, 11) is 0. The van der Waals surface area contributed by atoms with Crippen LogP contribution in [0.15, 0.2) is 36.5 Å². The number of amides is 2. The number of nitrogens with zero attached hydrogens (tertiary/aromatic N) is 2. The van der Waals surface area contributed by atoms with Crippen molar-refractivity contribution >= 4 is 28.5 Å². The van der Waals surface area contributed by atoms with Crippen molar-refractivity contribution < 1.29 is 23.2 Å². The van der Waals surface area contributed by atoms with Gasteiger partial charge in [0.15, 0.2) is 5.78 Å². The zero-order chi connectivity index (χ0) is 22.0. The number of para-hydroxylation sites is 1. The standard InChI is InChI=1S/C23H25F2N3O3/c24-23(25)12-19(21(30)15-6-2-1-3-7-15)28(14-23)20(29)13-27-22(31)17-10-11-26-18-9-5-4-8-16(17)18/h4-5,8-11,15,19H,1-3,6-7,12-14H2,(H,27,31)/t19-/m0/s1. The minimum absolute atomic E-state index is 0.263. The molecule has 0 radical (unpaired) electrons. The van der Waals surface area contributed by atoms with Crippen LogP contribution in [0, 0.1) is 5.92 Å². The summed E-state index contributed by atoms with van der Waals surface area (Å²) in [6.45, 7) is -1.23. The van der Waals surface area contributed by atoms with Gasteiger partial charge in [0.05, 0.1) is 30.2 Å². The molecule has 2 fully saturated rings. The molecule has 1 saturated heterocycles. The Labute approximate surface area is 179 Å². The van der Waals surface area contributed by atoms with E-state index in [0.29, 0.717) is 29.3 Å². The number of likely N-dealkylation sites (tertiary alicyclic amines) is 1. The maximum Gasteiger partial charge on any atom is 0.267 e. The summed E-state index contributed by atoms with van der Waals surface area (Å²) < 4.78 is 28.3. The van der Waals surface area contributed by atoms with Crippen LogP contribution in [0.1, 0.15) is 48.9 Å². The van der Waals surface area contributed by atoms with E-state index in [2.05, 4.69) is 10.3 Å². The van der Waals surface area contributed by atoms with Gasteiger partial charge in [-0.1, -0.05) is 37.5 Å². The van der Waals surface area contributed by atoms with Gasteiger partial charge in [0.2, 0.25) is 5.91 Å². The molecule has 0 spiro atoms. The van der Waals surface area contributed by atoms with E-state index in [1.807, 2.05) is 0 Å². The van der Waals surface area contributed by atoms with Crippen LogP contribution in [0.4, 0.5) is 8.78 Å². The minimum atomic E-state index is -3.10. The van der Waals surface area contributed by atoms with Gasteiger partial charge in [-0.15, -0.1) is 0 Å². The summed E-state index contributed by atoms with van der Waals surface area (Å²) in [6, 6.07) is 7.52. The highest BCUT2D eigenvalue weighted by atomic mass is 19.3. The predicted octanol–water partition coefficient (Wildman–Crippen LogP) is 3.35. The van der Waals surface area contributed by atoms with Crippen molar-refractivity contribution in [3.05, 3.63) is 42.1 Å². The van der Waals surface area contributed by atoms with Crippen molar-refractivity contribution in [1.82, 2.24) is 15.2 Å². The first-order valence-corrected chi connectivity index (χ1v) is 10.7. The number of pyridine rings is 1. The third kappa shape index (κ3) is 4.57. The summed E-state index contributed by atoms with van der Waals surface area (Å²) in [6.07, 6.45) is 5.09. The Morgan fingerprint density at radius 3 is 2.61 bits per heavy atom. The van der Waals surface area contributed by atoms with Crippen LogP contribution >= 0.6 is 0 Å². The first kappa shape index (κ1) is 21.3. The molecule has 2 amide bonds. The van der Waals surface area contributed by atoms with E-state index in [1.54, 1.807) is 30.3 Å². The first-order valence-electron chi connectivity index (χ1n) is 10.7. The van der Waals surface area contributed by atoms with E-state index in [9.17, 15) is 23.2 Å². The lowest BCUT2D eigenvalue weighted by Gasteiger charge is -2.28. The molecule has 164 valence electrons. The molecule has 8 heteroatoms. The van der Waals surface area contributed by atoms with Gasteiger partial charge >= 0.3 is 0 Å². The zero-order valence-electron chi connectivity index (χ0n) is 17.2. The van der Waals surface area contributed by atoms with E-state index in [4.69, 9.17) is 0 Å². The molecule has 31 heavy (non-hydrogen) atoms. The number of Topliss-reactive ketones (excluding diaryl/α,β-unsaturated/α-hetero) is 1. The summed E-state index contributed by atoms with van der Waals surface area (Å²) >= 11 is 0. The van der Waals surface area contributed by atoms with Gasteiger partial charge in [-0.2, -0.15) is 0 Å². The summed E-state index contributed by atoms with van der Waals surface area (Å²) in [4.78, 5) is 43.4. The maximum atomic E-state index is 14.1. The molecule has 1 saturated carbocycles. The molecular weight excluding hydrogens is 404 g/mol. The first-order chi connectivity index (χ1) is 14.9. The quantitative estimate of drug-likeness (QED) is 0.791. The number of benzene rings is 1. The number of carbonyl (C=O) groups is 3. The second kappa shape index (κ2) is 8.69. The highest BCUT2D eigenvalue weighted by Crippen LogP contribution is 2.36. The molecule has 4 rings (SSSR count). The van der Waals surface area contributed by atoms with E-state index < -0.39 is 43.3 Å². The number of carbonyl (C=O) groups excluding carboxylic acids is 3. The van der Waals surface area contributed by atoms with Crippen molar-refractivity contribution in [2.24, 2.45) is 5.92 Å². The topological polar surface area (TPSA) is 79.4 Å². The van der Waals surface area contributed by atoms with E-state index in [0.717, 1.165) is 24.2 Å². The molecule has 1 N–H and O–H groups in total. The molecule has 1 atom stereocenters. The molecule has 1 aromatic carbocycles. The van der Waals surface area contributed by atoms with Gasteiger partial charge in [0, 0.05) is 23.9 Å². The highest BCUT2D eigenvalue weighted by Gasteiger charge is 2.50. The molecule has 0 bridgehead atoms. The van der Waals surface area contributed by atoms with Gasteiger partial charge in [-0.05, 0) is 25.0 Å². The fourth-order valence-electron chi connectivity index (χ4n) is 4.64. The van der Waals surface area contributed by atoms with Crippen molar-refractivity contribution in [3.8, 4) is 0 Å². The molecule has 2 aromatic rings. The number of rotatable bonds is 5. The highest BCUT2D eigenvalue weighted by molar-refractivity contribution is 6.07. The number of ketones is 1. The number of nitrogens with one attached hydrogen (secondary N) is 1. The Morgan fingerprint density at radius 1 is 1.10 bits per heavy atom. The minimum Gasteiger partial charge on any atom is -0.343 e. The second-order valence-electron chi connectivity index (χ2n) is 8.39. The predicted molar refractivity (Wildman–Crippen MR) is 111 cm³/mol. The third-order valence-corrected chi connectivity index (χ3v) is 6.22. The maximum absolute atomic E-state index is 14.1. The van der Waals surface area contributed by atoms with Crippen LogP contribution in [-0.4, -0.2) is 52.5 Å². The van der Waals surface area contributed by atoms with Crippen molar-refractivity contribution in [1.29, 1.82) is 0 Å². The number of aromatic nitrogens is 1. The van der Waals surface area contributed by atoms with Crippen LogP contribution < -0.4 is 5.32 Å². The van der Waals surface area contributed by atoms with Gasteiger partial charge in [0.25, 0.3) is 11.8 Å². The average Bonchev–Trinajstić information content (AvgIpc) is 3.12. The lowest BCUT2D eigenvalue weighted by molar-refractivity contribution is -0.139. The molecule has 0 unspecified atom stereocenters. The Bertz CT molecular complexity index is 999. The van der Waals surface area contributed by atoms with Gasteiger partial charge in [0.1, 0.15) is 0 Å². The van der Waals surface area contributed by atoms with Crippen molar-refractivity contribution in [3.63, 3.8) is 0 Å². The summed E-state index contributed by atoms with van der Waals surface area (Å²) in [5.74, 6) is -4.79. The van der Waals surface area contributed by atoms with Crippen molar-refractivity contribution in [2.45, 2.75) is 50.5 Å². The molecule has 6 nitrogen and oxygen atoms in total. The molecule has 1 aliphatic heterocycles. The average molecular weight is 429 g/mol. The number of alkyl halides is 2. The molecule has 2 heterocycles. The number of halogens is 2. The summed E-state index contributed by atoms with van der Waals surface area (Å²) in [5.41, 5.74) is 0.985. The number of fused-ring (bicyclic) bond motifs is 1. The SMILES string of the molecule is O=C(NCC(=O)N1CC(F)(F)C[C@H]1C(=O)C1CCCCC1)c1ccnc2ccccc12. The zero-order valence-corrected chi connectivity index (χ0v) is 17.2. The molecular formula is C23H25F2N3O3. The Morgan fingerprint density at radius 2 is 1.84 bits per heavy atom. The molecule has 1 aromatic heterocycles. The third-order valence-electron chi connectivity index (χ3n) is 6.22. The lowest BCUT2D eigenvalue weighted by atomic mass is 9.83. The fraction of sp³-hybridized carbons (Fsp3) is 0.478. The van der Waals surface area contributed by atoms with E-state index >= 15 is 0 Å².